The van der Waals surface area contributed by atoms with Gasteiger partial charge in [0.1, 0.15) is 0 Å². The van der Waals surface area contributed by atoms with E-state index in [-0.39, 0.29) is 31.0 Å². The van der Waals surface area contributed by atoms with Crippen LogP contribution in [0.5, 0.6) is 0 Å². The van der Waals surface area contributed by atoms with Gasteiger partial charge in [-0.3, -0.25) is 0 Å². The van der Waals surface area contributed by atoms with E-state index in [1.807, 2.05) is 30.3 Å². The molecule has 0 radical (unpaired) electrons. The van der Waals surface area contributed by atoms with Gasteiger partial charge < -0.3 is 15.4 Å². The number of amides is 2. The van der Waals surface area contributed by atoms with E-state index >= 15 is 0 Å². The predicted molar refractivity (Wildman–Crippen MR) is 96.5 cm³/mol. The van der Waals surface area contributed by atoms with E-state index in [2.05, 4.69) is 10.6 Å². The van der Waals surface area contributed by atoms with E-state index in [1.54, 1.807) is 0 Å². The lowest BCUT2D eigenvalue weighted by molar-refractivity contribution is 0.150. The van der Waals surface area contributed by atoms with Gasteiger partial charge in [-0.05, 0) is 17.9 Å². The van der Waals surface area contributed by atoms with Crippen LogP contribution in [0.1, 0.15) is 37.3 Å². The average Bonchev–Trinajstić information content (AvgIpc) is 2.52. The van der Waals surface area contributed by atoms with Gasteiger partial charge in [-0.25, -0.2) is 18.4 Å². The summed E-state index contributed by atoms with van der Waals surface area (Å²) < 4.78 is 26.7. The van der Waals surface area contributed by atoms with Gasteiger partial charge >= 0.3 is 6.03 Å². The molecule has 2 rings (SSSR count). The van der Waals surface area contributed by atoms with Gasteiger partial charge in [0, 0.05) is 6.54 Å². The molecule has 2 amide bonds. The molecule has 25 heavy (non-hydrogen) atoms. The molecule has 1 saturated carbocycles. The quantitative estimate of drug-likeness (QED) is 0.543. The van der Waals surface area contributed by atoms with Crippen LogP contribution in [0.25, 0.3) is 0 Å². The first-order chi connectivity index (χ1) is 11.9. The number of rotatable bonds is 10. The second-order valence-corrected chi connectivity index (χ2v) is 8.11. The van der Waals surface area contributed by atoms with Gasteiger partial charge in [0.05, 0.1) is 25.0 Å². The lowest BCUT2D eigenvalue weighted by atomic mass is 9.79. The normalized spacial score (nSPS) is 16.0. The number of urea groups is 1. The zero-order chi connectivity index (χ0) is 18.1. The summed E-state index contributed by atoms with van der Waals surface area (Å²) in [6.07, 6.45) is 4.67. The number of nitrogens with two attached hydrogens (primary N) is 1. The molecule has 0 spiro atoms. The Labute approximate surface area is 149 Å². The standard InChI is InChI=1S/C17H27N3O4S/c18-25(22,23)12-11-24-10-9-19-17(21)20-16(13-14-5-4-6-14)15-7-2-1-3-8-15/h1-3,7-8,14,16H,4-6,9-13H2,(H2,18,22,23)(H2,19,20,21)/t16-/m0/s1. The van der Waals surface area contributed by atoms with Crippen LogP contribution in [0.2, 0.25) is 0 Å². The molecule has 1 fully saturated rings. The largest absolute Gasteiger partial charge is 0.379 e. The second-order valence-electron chi connectivity index (χ2n) is 6.38. The first-order valence-electron chi connectivity index (χ1n) is 8.61. The minimum Gasteiger partial charge on any atom is -0.379 e. The highest BCUT2D eigenvalue weighted by atomic mass is 32.2. The molecule has 140 valence electrons. The number of nitrogens with one attached hydrogen (secondary N) is 2. The summed E-state index contributed by atoms with van der Waals surface area (Å²) in [6, 6.07) is 9.71. The molecule has 0 saturated heterocycles. The summed E-state index contributed by atoms with van der Waals surface area (Å²) >= 11 is 0. The molecule has 1 aromatic carbocycles. The smallest absolute Gasteiger partial charge is 0.315 e. The minimum atomic E-state index is -3.51. The molecule has 1 aliphatic rings. The summed E-state index contributed by atoms with van der Waals surface area (Å²) in [7, 11) is -3.51. The summed E-state index contributed by atoms with van der Waals surface area (Å²) in [6.45, 7) is 0.569. The van der Waals surface area contributed by atoms with E-state index < -0.39 is 10.0 Å². The molecule has 1 aliphatic carbocycles. The molecule has 0 aliphatic heterocycles. The van der Waals surface area contributed by atoms with Gasteiger partial charge in [-0.2, -0.15) is 0 Å². The van der Waals surface area contributed by atoms with Crippen molar-refractivity contribution in [2.45, 2.75) is 31.7 Å². The lowest BCUT2D eigenvalue weighted by Gasteiger charge is -2.30. The van der Waals surface area contributed by atoms with Crippen molar-refractivity contribution in [1.82, 2.24) is 10.6 Å². The van der Waals surface area contributed by atoms with Crippen molar-refractivity contribution < 1.29 is 17.9 Å². The molecule has 1 aromatic rings. The maximum absolute atomic E-state index is 12.1. The Bertz CT molecular complexity index is 633. The van der Waals surface area contributed by atoms with Crippen LogP contribution >= 0.6 is 0 Å². The van der Waals surface area contributed by atoms with Gasteiger partial charge in [0.15, 0.2) is 0 Å². The first kappa shape index (κ1) is 19.7. The Balaban J connectivity index is 1.71. The van der Waals surface area contributed by atoms with Crippen LogP contribution in [0.3, 0.4) is 0 Å². The minimum absolute atomic E-state index is 0.00481. The lowest BCUT2D eigenvalue weighted by Crippen LogP contribution is -2.40. The van der Waals surface area contributed by atoms with E-state index in [0.29, 0.717) is 12.5 Å². The van der Waals surface area contributed by atoms with Crippen molar-refractivity contribution in [3.63, 3.8) is 0 Å². The SMILES string of the molecule is NS(=O)(=O)CCOCCNC(=O)N[C@@H](CC1CCC1)c1ccccc1. The zero-order valence-corrected chi connectivity index (χ0v) is 15.1. The fraction of sp³-hybridized carbons (Fsp3) is 0.588. The monoisotopic (exact) mass is 369 g/mol. The van der Waals surface area contributed by atoms with Crippen LogP contribution in [0.4, 0.5) is 4.79 Å². The summed E-state index contributed by atoms with van der Waals surface area (Å²) in [4.78, 5) is 12.1. The van der Waals surface area contributed by atoms with Gasteiger partial charge in [0.25, 0.3) is 0 Å². The van der Waals surface area contributed by atoms with Gasteiger partial charge in [-0.1, -0.05) is 49.6 Å². The maximum Gasteiger partial charge on any atom is 0.315 e. The van der Waals surface area contributed by atoms with Crippen molar-refractivity contribution in [3.05, 3.63) is 35.9 Å². The van der Waals surface area contributed by atoms with E-state index in [1.165, 1.54) is 19.3 Å². The summed E-state index contributed by atoms with van der Waals surface area (Å²) in [5.74, 6) is 0.448. The van der Waals surface area contributed by atoms with Gasteiger partial charge in [-0.15, -0.1) is 0 Å². The third-order valence-electron chi connectivity index (χ3n) is 4.35. The van der Waals surface area contributed by atoms with E-state index in [0.717, 1.165) is 12.0 Å². The number of carbonyl (C=O) groups excluding carboxylic acids is 1. The van der Waals surface area contributed by atoms with Crippen molar-refractivity contribution in [1.29, 1.82) is 0 Å². The Morgan fingerprint density at radius 3 is 2.56 bits per heavy atom. The first-order valence-corrected chi connectivity index (χ1v) is 10.3. The second kappa shape index (κ2) is 9.74. The fourth-order valence-electron chi connectivity index (χ4n) is 2.75. The van der Waals surface area contributed by atoms with Crippen LogP contribution in [0.15, 0.2) is 30.3 Å². The van der Waals surface area contributed by atoms with Crippen molar-refractivity contribution in [3.8, 4) is 0 Å². The Morgan fingerprint density at radius 1 is 1.24 bits per heavy atom. The van der Waals surface area contributed by atoms with Crippen molar-refractivity contribution in [2.75, 3.05) is 25.5 Å². The number of sulfonamides is 1. The Hall–Kier alpha value is -1.64. The number of primary sulfonamides is 1. The van der Waals surface area contributed by atoms with Crippen LogP contribution < -0.4 is 15.8 Å². The third-order valence-corrected chi connectivity index (χ3v) is 5.08. The van der Waals surface area contributed by atoms with Crippen molar-refractivity contribution in [2.24, 2.45) is 11.1 Å². The molecule has 1 atom stereocenters. The molecule has 0 heterocycles. The number of ether oxygens (including phenoxy) is 1. The van der Waals surface area contributed by atoms with E-state index in [4.69, 9.17) is 9.88 Å². The predicted octanol–water partition coefficient (Wildman–Crippen LogP) is 1.52. The molecular weight excluding hydrogens is 342 g/mol. The Kier molecular flexibility index (Phi) is 7.67. The highest BCUT2D eigenvalue weighted by molar-refractivity contribution is 7.89. The molecule has 0 aromatic heterocycles. The Morgan fingerprint density at radius 2 is 1.96 bits per heavy atom. The molecule has 0 unspecified atom stereocenters. The molecular formula is C17H27N3O4S. The van der Waals surface area contributed by atoms with Crippen LogP contribution in [0, 0.1) is 5.92 Å². The molecule has 8 heteroatoms. The highest BCUT2D eigenvalue weighted by Crippen LogP contribution is 2.34. The molecule has 7 nitrogen and oxygen atoms in total. The molecule has 0 bridgehead atoms. The summed E-state index contributed by atoms with van der Waals surface area (Å²) in [5, 5.41) is 10.6. The van der Waals surface area contributed by atoms with Crippen molar-refractivity contribution >= 4 is 16.1 Å². The number of carbonyl (C=O) groups is 1. The van der Waals surface area contributed by atoms with Crippen LogP contribution in [-0.2, 0) is 14.8 Å². The van der Waals surface area contributed by atoms with E-state index in [9.17, 15) is 13.2 Å². The average molecular weight is 369 g/mol. The maximum atomic E-state index is 12.1. The highest BCUT2D eigenvalue weighted by Gasteiger charge is 2.24. The van der Waals surface area contributed by atoms with Crippen LogP contribution in [-0.4, -0.2) is 40.0 Å². The fourth-order valence-corrected chi connectivity index (χ4v) is 3.10. The van der Waals surface area contributed by atoms with Gasteiger partial charge in [0.2, 0.25) is 10.0 Å². The topological polar surface area (TPSA) is 111 Å². The number of hydrogen-bond acceptors (Lipinski definition) is 4. The number of benzene rings is 1. The summed E-state index contributed by atoms with van der Waals surface area (Å²) in [5.41, 5.74) is 1.11. The number of hydrogen-bond donors (Lipinski definition) is 3. The third kappa shape index (κ3) is 7.85. The molecule has 4 N–H and O–H groups in total. The zero-order valence-electron chi connectivity index (χ0n) is 14.3.